The molecule has 0 aliphatic carbocycles. The number of para-hydroxylation sites is 1. The first-order valence-corrected chi connectivity index (χ1v) is 8.27. The molecule has 0 saturated carbocycles. The molecule has 0 atom stereocenters. The molecule has 1 saturated heterocycles. The molecule has 0 bridgehead atoms. The lowest BCUT2D eigenvalue weighted by atomic mass is 10.0. The van der Waals surface area contributed by atoms with Crippen LogP contribution in [0.2, 0.25) is 0 Å². The maximum absolute atomic E-state index is 12.4. The Hall–Kier alpha value is -2.60. The van der Waals surface area contributed by atoms with Gasteiger partial charge in [0, 0.05) is 36.9 Å². The molecule has 1 aromatic carbocycles. The number of nitrogens with zero attached hydrogens (tertiary/aromatic N) is 2. The number of benzene rings is 1. The quantitative estimate of drug-likeness (QED) is 0.775. The minimum absolute atomic E-state index is 0.156. The molecule has 6 heteroatoms. The van der Waals surface area contributed by atoms with Gasteiger partial charge in [-0.25, -0.2) is 0 Å². The highest BCUT2D eigenvalue weighted by molar-refractivity contribution is 6.05. The van der Waals surface area contributed by atoms with Crippen molar-refractivity contribution in [3.63, 3.8) is 0 Å². The Labute approximate surface area is 139 Å². The van der Waals surface area contributed by atoms with Crippen molar-refractivity contribution in [2.45, 2.75) is 19.4 Å². The summed E-state index contributed by atoms with van der Waals surface area (Å²) in [5.41, 5.74) is 2.22. The summed E-state index contributed by atoms with van der Waals surface area (Å²) in [6.07, 6.45) is 5.71. The van der Waals surface area contributed by atoms with Crippen molar-refractivity contribution in [3.05, 3.63) is 48.4 Å². The Bertz CT molecular complexity index is 812. The predicted molar refractivity (Wildman–Crippen MR) is 92.0 cm³/mol. The minimum Gasteiger partial charge on any atom is -0.381 e. The van der Waals surface area contributed by atoms with Gasteiger partial charge < -0.3 is 15.0 Å². The first kappa shape index (κ1) is 15.0. The minimum atomic E-state index is -0.156. The zero-order valence-electron chi connectivity index (χ0n) is 13.4. The topological polar surface area (TPSA) is 71.9 Å². The molecule has 4 rings (SSSR count). The molecule has 1 fully saturated rings. The zero-order valence-corrected chi connectivity index (χ0v) is 13.4. The van der Waals surface area contributed by atoms with Gasteiger partial charge in [-0.05, 0) is 30.9 Å². The number of nitrogens with one attached hydrogen (secondary N) is 2. The number of carbonyl (C=O) groups excluding carboxylic acids is 1. The highest BCUT2D eigenvalue weighted by Gasteiger charge is 2.15. The van der Waals surface area contributed by atoms with Crippen molar-refractivity contribution in [2.24, 2.45) is 5.92 Å². The molecule has 24 heavy (non-hydrogen) atoms. The van der Waals surface area contributed by atoms with Gasteiger partial charge >= 0.3 is 0 Å². The normalized spacial score (nSPS) is 15.7. The summed E-state index contributed by atoms with van der Waals surface area (Å²) in [4.78, 5) is 15.5. The van der Waals surface area contributed by atoms with Gasteiger partial charge in [-0.15, -0.1) is 0 Å². The second-order valence-electron chi connectivity index (χ2n) is 6.23. The largest absolute Gasteiger partial charge is 0.381 e. The summed E-state index contributed by atoms with van der Waals surface area (Å²) < 4.78 is 7.28. The van der Waals surface area contributed by atoms with E-state index in [4.69, 9.17) is 4.74 Å². The Balaban J connectivity index is 1.42. The molecule has 3 aromatic rings. The van der Waals surface area contributed by atoms with Crippen LogP contribution in [0.25, 0.3) is 10.9 Å². The first-order chi connectivity index (χ1) is 11.8. The lowest BCUT2D eigenvalue weighted by Crippen LogP contribution is -2.20. The summed E-state index contributed by atoms with van der Waals surface area (Å²) in [6.45, 7) is 2.53. The molecule has 1 aliphatic heterocycles. The van der Waals surface area contributed by atoms with Crippen LogP contribution in [0, 0.1) is 5.92 Å². The standard InChI is InChI=1S/C18H20N4O2/c23-18(17-9-14-3-1-2-4-16(14)21-17)20-15-10-19-22(12-15)11-13-5-7-24-8-6-13/h1-4,9-10,12-13,21H,5-8,11H2,(H,20,23). The summed E-state index contributed by atoms with van der Waals surface area (Å²) in [6, 6.07) is 9.70. The zero-order chi connectivity index (χ0) is 16.4. The van der Waals surface area contributed by atoms with Crippen molar-refractivity contribution >= 4 is 22.5 Å². The third-order valence-corrected chi connectivity index (χ3v) is 4.45. The van der Waals surface area contributed by atoms with Crippen molar-refractivity contribution in [2.75, 3.05) is 18.5 Å². The van der Waals surface area contributed by atoms with E-state index in [2.05, 4.69) is 15.4 Å². The average Bonchev–Trinajstić information content (AvgIpc) is 3.22. The maximum Gasteiger partial charge on any atom is 0.272 e. The Kier molecular flexibility index (Phi) is 4.04. The van der Waals surface area contributed by atoms with E-state index in [1.54, 1.807) is 6.20 Å². The molecule has 0 spiro atoms. The van der Waals surface area contributed by atoms with Crippen LogP contribution < -0.4 is 5.32 Å². The number of hydrogen-bond donors (Lipinski definition) is 2. The summed E-state index contributed by atoms with van der Waals surface area (Å²) in [7, 11) is 0. The van der Waals surface area contributed by atoms with Crippen LogP contribution in [0.1, 0.15) is 23.3 Å². The number of anilines is 1. The SMILES string of the molecule is O=C(Nc1cnn(CC2CCOCC2)c1)c1cc2ccccc2[nH]1. The highest BCUT2D eigenvalue weighted by Crippen LogP contribution is 2.19. The van der Waals surface area contributed by atoms with Crippen molar-refractivity contribution < 1.29 is 9.53 Å². The summed E-state index contributed by atoms with van der Waals surface area (Å²) in [5.74, 6) is 0.438. The number of H-pyrrole nitrogens is 1. The van der Waals surface area contributed by atoms with E-state index < -0.39 is 0 Å². The van der Waals surface area contributed by atoms with Gasteiger partial charge in [0.1, 0.15) is 5.69 Å². The van der Waals surface area contributed by atoms with Gasteiger partial charge in [-0.2, -0.15) is 5.10 Å². The molecule has 124 valence electrons. The van der Waals surface area contributed by atoms with Crippen LogP contribution in [0.5, 0.6) is 0 Å². The fourth-order valence-electron chi connectivity index (χ4n) is 3.12. The number of hydrogen-bond acceptors (Lipinski definition) is 3. The number of aromatic amines is 1. The molecule has 0 radical (unpaired) electrons. The van der Waals surface area contributed by atoms with E-state index in [9.17, 15) is 4.79 Å². The number of aromatic nitrogens is 3. The summed E-state index contributed by atoms with van der Waals surface area (Å²) >= 11 is 0. The average molecular weight is 324 g/mol. The molecular weight excluding hydrogens is 304 g/mol. The lowest BCUT2D eigenvalue weighted by molar-refractivity contribution is 0.0601. The van der Waals surface area contributed by atoms with Crippen LogP contribution >= 0.6 is 0 Å². The molecule has 2 aromatic heterocycles. The van der Waals surface area contributed by atoms with Gasteiger partial charge in [0.15, 0.2) is 0 Å². The molecule has 1 amide bonds. The number of rotatable bonds is 4. The maximum atomic E-state index is 12.4. The van der Waals surface area contributed by atoms with E-state index in [0.29, 0.717) is 17.3 Å². The van der Waals surface area contributed by atoms with Gasteiger partial charge in [0.05, 0.1) is 11.9 Å². The lowest BCUT2D eigenvalue weighted by Gasteiger charge is -2.21. The van der Waals surface area contributed by atoms with E-state index in [1.807, 2.05) is 41.2 Å². The third kappa shape index (κ3) is 3.19. The van der Waals surface area contributed by atoms with Crippen molar-refractivity contribution in [1.82, 2.24) is 14.8 Å². The number of fused-ring (bicyclic) bond motifs is 1. The molecule has 0 unspecified atom stereocenters. The number of amides is 1. The highest BCUT2D eigenvalue weighted by atomic mass is 16.5. The number of ether oxygens (including phenoxy) is 1. The third-order valence-electron chi connectivity index (χ3n) is 4.45. The summed E-state index contributed by atoms with van der Waals surface area (Å²) in [5, 5.41) is 8.28. The van der Waals surface area contributed by atoms with Crippen molar-refractivity contribution in [1.29, 1.82) is 0 Å². The number of carbonyl (C=O) groups is 1. The molecule has 6 nitrogen and oxygen atoms in total. The second-order valence-corrected chi connectivity index (χ2v) is 6.23. The van der Waals surface area contributed by atoms with Gasteiger partial charge in [0.25, 0.3) is 5.91 Å². The van der Waals surface area contributed by atoms with Crippen LogP contribution in [0.15, 0.2) is 42.7 Å². The van der Waals surface area contributed by atoms with Crippen LogP contribution in [-0.2, 0) is 11.3 Å². The fraction of sp³-hybridized carbons (Fsp3) is 0.333. The Morgan fingerprint density at radius 1 is 1.33 bits per heavy atom. The van der Waals surface area contributed by atoms with Gasteiger partial charge in [0.2, 0.25) is 0 Å². The van der Waals surface area contributed by atoms with Crippen LogP contribution in [0.3, 0.4) is 0 Å². The molecule has 1 aliphatic rings. The fourth-order valence-corrected chi connectivity index (χ4v) is 3.12. The van der Waals surface area contributed by atoms with Crippen molar-refractivity contribution in [3.8, 4) is 0 Å². The molecule has 2 N–H and O–H groups in total. The Morgan fingerprint density at radius 2 is 2.17 bits per heavy atom. The van der Waals surface area contributed by atoms with E-state index in [1.165, 1.54) is 0 Å². The van der Waals surface area contributed by atoms with Gasteiger partial charge in [-0.3, -0.25) is 9.48 Å². The second kappa shape index (κ2) is 6.49. The smallest absolute Gasteiger partial charge is 0.272 e. The van der Waals surface area contributed by atoms with E-state index in [-0.39, 0.29) is 5.91 Å². The van der Waals surface area contributed by atoms with Crippen LogP contribution in [-0.4, -0.2) is 33.9 Å². The predicted octanol–water partition coefficient (Wildman–Crippen LogP) is 3.04. The van der Waals surface area contributed by atoms with Gasteiger partial charge in [-0.1, -0.05) is 18.2 Å². The van der Waals surface area contributed by atoms with E-state index in [0.717, 1.165) is 43.5 Å². The Morgan fingerprint density at radius 3 is 3.00 bits per heavy atom. The van der Waals surface area contributed by atoms with E-state index >= 15 is 0 Å². The van der Waals surface area contributed by atoms with Crippen LogP contribution in [0.4, 0.5) is 5.69 Å². The molecule has 3 heterocycles. The first-order valence-electron chi connectivity index (χ1n) is 8.27. The molecular formula is C18H20N4O2. The monoisotopic (exact) mass is 324 g/mol.